The summed E-state index contributed by atoms with van der Waals surface area (Å²) in [6, 6.07) is 9.09. The molecule has 1 atom stereocenters. The highest BCUT2D eigenvalue weighted by Gasteiger charge is 2.41. The van der Waals surface area contributed by atoms with E-state index in [4.69, 9.17) is 5.26 Å². The third-order valence-electron chi connectivity index (χ3n) is 3.88. The maximum atomic E-state index is 13.8. The van der Waals surface area contributed by atoms with Crippen LogP contribution in [0.25, 0.3) is 0 Å². The van der Waals surface area contributed by atoms with Gasteiger partial charge in [-0.2, -0.15) is 5.26 Å². The molecule has 90 valence electrons. The van der Waals surface area contributed by atoms with E-state index < -0.39 is 0 Å². The van der Waals surface area contributed by atoms with Crippen LogP contribution in [0.4, 0.5) is 10.1 Å². The lowest BCUT2D eigenvalue weighted by molar-refractivity contribution is 0.369. The number of benzene rings is 1. The molecule has 1 heterocycles. The number of rotatable bonds is 2. The summed E-state index contributed by atoms with van der Waals surface area (Å²) >= 11 is 0. The number of nitrogens with zero attached hydrogens (tertiary/aromatic N) is 2. The van der Waals surface area contributed by atoms with Crippen LogP contribution in [0.3, 0.4) is 0 Å². The van der Waals surface area contributed by atoms with Crippen molar-refractivity contribution in [1.29, 1.82) is 5.26 Å². The molecule has 1 unspecified atom stereocenters. The Labute approximate surface area is 102 Å². The van der Waals surface area contributed by atoms with Crippen LogP contribution in [0.1, 0.15) is 26.7 Å². The van der Waals surface area contributed by atoms with E-state index in [9.17, 15) is 4.39 Å². The first kappa shape index (κ1) is 11.9. The molecule has 0 N–H and O–H groups in total. The first-order valence-electron chi connectivity index (χ1n) is 5.96. The van der Waals surface area contributed by atoms with Crippen molar-refractivity contribution in [2.45, 2.75) is 32.2 Å². The van der Waals surface area contributed by atoms with Crippen LogP contribution in [0.5, 0.6) is 0 Å². The molecule has 2 nitrogen and oxygen atoms in total. The number of halogens is 1. The van der Waals surface area contributed by atoms with Gasteiger partial charge in [0.2, 0.25) is 0 Å². The van der Waals surface area contributed by atoms with Crippen molar-refractivity contribution in [2.75, 3.05) is 11.4 Å². The van der Waals surface area contributed by atoms with Crippen molar-refractivity contribution in [3.8, 4) is 6.07 Å². The van der Waals surface area contributed by atoms with Crippen LogP contribution >= 0.6 is 0 Å². The Bertz CT molecular complexity index is 448. The predicted molar refractivity (Wildman–Crippen MR) is 66.2 cm³/mol. The summed E-state index contributed by atoms with van der Waals surface area (Å²) in [5, 5.41) is 8.83. The average molecular weight is 232 g/mol. The molecule has 3 heteroatoms. The molecule has 0 amide bonds. The molecule has 1 fully saturated rings. The van der Waals surface area contributed by atoms with E-state index in [2.05, 4.69) is 24.8 Å². The molecule has 0 radical (unpaired) electrons. The van der Waals surface area contributed by atoms with Gasteiger partial charge in [-0.3, -0.25) is 0 Å². The average Bonchev–Trinajstić information content (AvgIpc) is 2.57. The van der Waals surface area contributed by atoms with Crippen molar-refractivity contribution >= 4 is 5.69 Å². The van der Waals surface area contributed by atoms with E-state index in [0.29, 0.717) is 18.0 Å². The van der Waals surface area contributed by atoms with Gasteiger partial charge in [0.15, 0.2) is 0 Å². The second-order valence-electron chi connectivity index (χ2n) is 5.10. The molecule has 0 aromatic heterocycles. The minimum Gasteiger partial charge on any atom is -0.364 e. The van der Waals surface area contributed by atoms with Gasteiger partial charge in [-0.25, -0.2) is 4.39 Å². The first-order chi connectivity index (χ1) is 8.07. The van der Waals surface area contributed by atoms with E-state index >= 15 is 0 Å². The van der Waals surface area contributed by atoms with Crippen molar-refractivity contribution in [1.82, 2.24) is 0 Å². The molecule has 1 aromatic carbocycles. The normalized spacial score (nSPS) is 22.5. The minimum absolute atomic E-state index is 0.155. The molecule has 2 rings (SSSR count). The van der Waals surface area contributed by atoms with Gasteiger partial charge in [-0.15, -0.1) is 0 Å². The first-order valence-corrected chi connectivity index (χ1v) is 5.96. The standard InChI is InChI=1S/C14H17FN2/c1-14(2)11(7-9-16)8-10-17(14)13-6-4-3-5-12(13)15/h3-6,11H,7-8,10H2,1-2H3. The number of para-hydroxylation sites is 1. The Morgan fingerprint density at radius 2 is 2.18 bits per heavy atom. The lowest BCUT2D eigenvalue weighted by Gasteiger charge is -2.37. The molecule has 0 aliphatic carbocycles. The zero-order valence-corrected chi connectivity index (χ0v) is 10.3. The molecular weight excluding hydrogens is 215 g/mol. The van der Waals surface area contributed by atoms with E-state index in [1.54, 1.807) is 6.07 Å². The van der Waals surface area contributed by atoms with Crippen LogP contribution in [-0.4, -0.2) is 12.1 Å². The topological polar surface area (TPSA) is 27.0 Å². The predicted octanol–water partition coefficient (Wildman–Crippen LogP) is 3.34. The third-order valence-corrected chi connectivity index (χ3v) is 3.88. The summed E-state index contributed by atoms with van der Waals surface area (Å²) in [5.41, 5.74) is 0.496. The highest BCUT2D eigenvalue weighted by atomic mass is 19.1. The van der Waals surface area contributed by atoms with E-state index in [1.165, 1.54) is 6.07 Å². The number of anilines is 1. The fourth-order valence-electron chi connectivity index (χ4n) is 2.71. The Kier molecular flexibility index (Phi) is 3.06. The molecule has 17 heavy (non-hydrogen) atoms. The number of hydrogen-bond donors (Lipinski definition) is 0. The van der Waals surface area contributed by atoms with Gasteiger partial charge in [0.1, 0.15) is 5.82 Å². The van der Waals surface area contributed by atoms with Crippen LogP contribution in [0.15, 0.2) is 24.3 Å². The molecule has 0 bridgehead atoms. The van der Waals surface area contributed by atoms with Crippen molar-refractivity contribution in [2.24, 2.45) is 5.92 Å². The molecule has 0 saturated carbocycles. The van der Waals surface area contributed by atoms with Crippen LogP contribution in [-0.2, 0) is 0 Å². The minimum atomic E-state index is -0.182. The lowest BCUT2D eigenvalue weighted by Crippen LogP contribution is -2.43. The van der Waals surface area contributed by atoms with Crippen LogP contribution < -0.4 is 4.90 Å². The van der Waals surface area contributed by atoms with Gasteiger partial charge in [0, 0.05) is 18.5 Å². The van der Waals surface area contributed by atoms with Crippen molar-refractivity contribution in [3.63, 3.8) is 0 Å². The van der Waals surface area contributed by atoms with Crippen LogP contribution in [0, 0.1) is 23.1 Å². The summed E-state index contributed by atoms with van der Waals surface area (Å²) in [5.74, 6) is 0.130. The van der Waals surface area contributed by atoms with Gasteiger partial charge in [-0.1, -0.05) is 12.1 Å². The van der Waals surface area contributed by atoms with Crippen molar-refractivity contribution < 1.29 is 4.39 Å². The summed E-state index contributed by atoms with van der Waals surface area (Å²) in [6.45, 7) is 5.00. The Balaban J connectivity index is 2.30. The maximum Gasteiger partial charge on any atom is 0.146 e. The monoisotopic (exact) mass is 232 g/mol. The molecule has 0 spiro atoms. The lowest BCUT2D eigenvalue weighted by atomic mass is 9.86. The van der Waals surface area contributed by atoms with E-state index in [0.717, 1.165) is 13.0 Å². The second-order valence-corrected chi connectivity index (χ2v) is 5.10. The summed E-state index contributed by atoms with van der Waals surface area (Å²) in [6.07, 6.45) is 1.49. The molecule has 1 aliphatic rings. The third kappa shape index (κ3) is 2.00. The van der Waals surface area contributed by atoms with E-state index in [1.807, 2.05) is 12.1 Å². The molecule has 1 aromatic rings. The highest BCUT2D eigenvalue weighted by Crippen LogP contribution is 2.40. The van der Waals surface area contributed by atoms with Gasteiger partial charge in [0.05, 0.1) is 11.8 Å². The Hall–Kier alpha value is -1.56. The highest BCUT2D eigenvalue weighted by molar-refractivity contribution is 5.51. The van der Waals surface area contributed by atoms with Crippen LogP contribution in [0.2, 0.25) is 0 Å². The smallest absolute Gasteiger partial charge is 0.146 e. The molecule has 1 saturated heterocycles. The Morgan fingerprint density at radius 1 is 1.47 bits per heavy atom. The van der Waals surface area contributed by atoms with Gasteiger partial charge < -0.3 is 4.90 Å². The fourth-order valence-corrected chi connectivity index (χ4v) is 2.71. The fraction of sp³-hybridized carbons (Fsp3) is 0.500. The van der Waals surface area contributed by atoms with Gasteiger partial charge in [0.25, 0.3) is 0 Å². The summed E-state index contributed by atoms with van der Waals surface area (Å²) in [4.78, 5) is 2.09. The molecule has 1 aliphatic heterocycles. The summed E-state index contributed by atoms with van der Waals surface area (Å²) in [7, 11) is 0. The summed E-state index contributed by atoms with van der Waals surface area (Å²) < 4.78 is 13.8. The van der Waals surface area contributed by atoms with Gasteiger partial charge >= 0.3 is 0 Å². The quantitative estimate of drug-likeness (QED) is 0.782. The molecular formula is C14H17FN2. The number of nitriles is 1. The largest absolute Gasteiger partial charge is 0.364 e. The zero-order valence-electron chi connectivity index (χ0n) is 10.3. The number of hydrogen-bond acceptors (Lipinski definition) is 2. The SMILES string of the molecule is CC1(C)C(CC#N)CCN1c1ccccc1F. The van der Waals surface area contributed by atoms with E-state index in [-0.39, 0.29) is 11.4 Å². The van der Waals surface area contributed by atoms with Gasteiger partial charge in [-0.05, 0) is 38.3 Å². The van der Waals surface area contributed by atoms with Crippen molar-refractivity contribution in [3.05, 3.63) is 30.1 Å². The maximum absolute atomic E-state index is 13.8. The second kappa shape index (κ2) is 4.37. The zero-order chi connectivity index (χ0) is 12.5. The Morgan fingerprint density at radius 3 is 2.82 bits per heavy atom.